The summed E-state index contributed by atoms with van der Waals surface area (Å²) in [5, 5.41) is 14.5. The lowest BCUT2D eigenvalue weighted by Crippen LogP contribution is -1.89. The molecule has 3 aromatic rings. The van der Waals surface area contributed by atoms with Gasteiger partial charge in [-0.25, -0.2) is 0 Å². The fourth-order valence-electron chi connectivity index (χ4n) is 1.87. The average Bonchev–Trinajstić information content (AvgIpc) is 2.97. The Hall–Kier alpha value is -3.22. The molecule has 0 radical (unpaired) electrons. The minimum absolute atomic E-state index is 0.00905. The number of nitrogen functional groups attached to an aromatic ring is 1. The Morgan fingerprint density at radius 2 is 1.81 bits per heavy atom. The topological polar surface area (TPSA) is 108 Å². The Balaban J connectivity index is 1.95. The third-order valence-corrected chi connectivity index (χ3v) is 2.95. The van der Waals surface area contributed by atoms with Crippen LogP contribution >= 0.6 is 0 Å². The standard InChI is InChI=1S/C14H10N4O3/c15-12-4-2-1-3-11(12)14-16-13(17-21-14)9-5-7-10(8-6-9)18(19)20/h1-8H,15H2. The Bertz CT molecular complexity index is 796. The number of nitrogens with zero attached hydrogens (tertiary/aromatic N) is 3. The van der Waals surface area contributed by atoms with Crippen LogP contribution in [0.1, 0.15) is 0 Å². The van der Waals surface area contributed by atoms with Crippen LogP contribution < -0.4 is 5.73 Å². The molecule has 1 heterocycles. The van der Waals surface area contributed by atoms with E-state index in [2.05, 4.69) is 10.1 Å². The van der Waals surface area contributed by atoms with Gasteiger partial charge in [0, 0.05) is 23.4 Å². The van der Waals surface area contributed by atoms with E-state index in [0.29, 0.717) is 28.5 Å². The first-order valence-electron chi connectivity index (χ1n) is 6.08. The third kappa shape index (κ3) is 2.44. The van der Waals surface area contributed by atoms with Crippen LogP contribution in [-0.4, -0.2) is 15.1 Å². The van der Waals surface area contributed by atoms with E-state index in [1.165, 1.54) is 12.1 Å². The van der Waals surface area contributed by atoms with E-state index >= 15 is 0 Å². The molecule has 0 spiro atoms. The van der Waals surface area contributed by atoms with Crippen molar-refractivity contribution in [3.8, 4) is 22.8 Å². The third-order valence-electron chi connectivity index (χ3n) is 2.95. The normalized spacial score (nSPS) is 10.5. The van der Waals surface area contributed by atoms with Gasteiger partial charge in [0.15, 0.2) is 0 Å². The molecular formula is C14H10N4O3. The molecular weight excluding hydrogens is 272 g/mol. The number of hydrogen-bond donors (Lipinski definition) is 1. The van der Waals surface area contributed by atoms with Crippen LogP contribution in [0.4, 0.5) is 11.4 Å². The van der Waals surface area contributed by atoms with Crippen molar-refractivity contribution in [2.45, 2.75) is 0 Å². The summed E-state index contributed by atoms with van der Waals surface area (Å²) in [5.74, 6) is 0.657. The molecule has 21 heavy (non-hydrogen) atoms. The second kappa shape index (κ2) is 5.04. The fraction of sp³-hybridized carbons (Fsp3) is 0. The lowest BCUT2D eigenvalue weighted by atomic mass is 10.2. The van der Waals surface area contributed by atoms with E-state index in [0.717, 1.165) is 0 Å². The summed E-state index contributed by atoms with van der Waals surface area (Å²) in [6, 6.07) is 13.1. The number of nitrogens with two attached hydrogens (primary N) is 1. The van der Waals surface area contributed by atoms with Gasteiger partial charge in [0.2, 0.25) is 5.82 Å². The number of benzene rings is 2. The number of hydrogen-bond acceptors (Lipinski definition) is 6. The Morgan fingerprint density at radius 1 is 1.10 bits per heavy atom. The predicted octanol–water partition coefficient (Wildman–Crippen LogP) is 2.89. The Morgan fingerprint density at radius 3 is 2.48 bits per heavy atom. The number of para-hydroxylation sites is 1. The second-order valence-electron chi connectivity index (χ2n) is 4.31. The smallest absolute Gasteiger partial charge is 0.269 e. The van der Waals surface area contributed by atoms with Gasteiger partial charge in [-0.1, -0.05) is 17.3 Å². The molecule has 3 rings (SSSR count). The molecule has 0 amide bonds. The summed E-state index contributed by atoms with van der Waals surface area (Å²) in [5.41, 5.74) is 7.68. The summed E-state index contributed by atoms with van der Waals surface area (Å²) in [7, 11) is 0. The number of aromatic nitrogens is 2. The first kappa shape index (κ1) is 12.8. The van der Waals surface area contributed by atoms with Gasteiger partial charge in [0.05, 0.1) is 10.5 Å². The largest absolute Gasteiger partial charge is 0.398 e. The Labute approximate surface area is 119 Å². The summed E-state index contributed by atoms with van der Waals surface area (Å²) in [4.78, 5) is 14.4. The fourth-order valence-corrected chi connectivity index (χ4v) is 1.87. The molecule has 104 valence electrons. The second-order valence-corrected chi connectivity index (χ2v) is 4.31. The van der Waals surface area contributed by atoms with Crippen molar-refractivity contribution in [1.82, 2.24) is 10.1 Å². The monoisotopic (exact) mass is 282 g/mol. The van der Waals surface area contributed by atoms with Crippen LogP contribution in [0.2, 0.25) is 0 Å². The highest BCUT2D eigenvalue weighted by molar-refractivity contribution is 5.71. The summed E-state index contributed by atoms with van der Waals surface area (Å²) < 4.78 is 5.19. The number of non-ortho nitro benzene ring substituents is 1. The molecule has 0 bridgehead atoms. The molecule has 0 fully saturated rings. The zero-order chi connectivity index (χ0) is 14.8. The highest BCUT2D eigenvalue weighted by atomic mass is 16.6. The molecule has 0 aliphatic rings. The molecule has 0 unspecified atom stereocenters. The van der Waals surface area contributed by atoms with Gasteiger partial charge < -0.3 is 10.3 Å². The van der Waals surface area contributed by atoms with Crippen molar-refractivity contribution >= 4 is 11.4 Å². The van der Waals surface area contributed by atoms with Crippen LogP contribution in [0.25, 0.3) is 22.8 Å². The van der Waals surface area contributed by atoms with Gasteiger partial charge in [-0.3, -0.25) is 10.1 Å². The van der Waals surface area contributed by atoms with Crippen molar-refractivity contribution in [3.63, 3.8) is 0 Å². The molecule has 0 aliphatic carbocycles. The van der Waals surface area contributed by atoms with E-state index in [-0.39, 0.29) is 5.69 Å². The maximum Gasteiger partial charge on any atom is 0.269 e. The first-order valence-corrected chi connectivity index (χ1v) is 6.08. The van der Waals surface area contributed by atoms with Crippen LogP contribution in [-0.2, 0) is 0 Å². The molecule has 0 saturated heterocycles. The number of nitro benzene ring substituents is 1. The van der Waals surface area contributed by atoms with Gasteiger partial charge in [-0.05, 0) is 24.3 Å². The average molecular weight is 282 g/mol. The molecule has 1 aromatic heterocycles. The molecule has 2 aromatic carbocycles. The van der Waals surface area contributed by atoms with Crippen molar-refractivity contribution in [2.75, 3.05) is 5.73 Å². The summed E-state index contributed by atoms with van der Waals surface area (Å²) in [6.07, 6.45) is 0. The molecule has 2 N–H and O–H groups in total. The van der Waals surface area contributed by atoms with Crippen LogP contribution in [0.15, 0.2) is 53.1 Å². The minimum atomic E-state index is -0.462. The maximum atomic E-state index is 10.6. The SMILES string of the molecule is Nc1ccccc1-c1nc(-c2ccc([N+](=O)[O-])cc2)no1. The van der Waals surface area contributed by atoms with Crippen LogP contribution in [0.5, 0.6) is 0 Å². The Kier molecular flexibility index (Phi) is 3.07. The van der Waals surface area contributed by atoms with Crippen LogP contribution in [0.3, 0.4) is 0 Å². The van der Waals surface area contributed by atoms with E-state index < -0.39 is 4.92 Å². The van der Waals surface area contributed by atoms with Crippen molar-refractivity contribution in [3.05, 3.63) is 58.6 Å². The van der Waals surface area contributed by atoms with Gasteiger partial charge in [-0.15, -0.1) is 0 Å². The van der Waals surface area contributed by atoms with E-state index in [1.54, 1.807) is 24.3 Å². The number of anilines is 1. The van der Waals surface area contributed by atoms with Crippen molar-refractivity contribution < 1.29 is 9.45 Å². The van der Waals surface area contributed by atoms with Crippen molar-refractivity contribution in [1.29, 1.82) is 0 Å². The quantitative estimate of drug-likeness (QED) is 0.449. The lowest BCUT2D eigenvalue weighted by Gasteiger charge is -1.98. The highest BCUT2D eigenvalue weighted by Crippen LogP contribution is 2.27. The van der Waals surface area contributed by atoms with E-state index in [4.69, 9.17) is 10.3 Å². The number of rotatable bonds is 3. The lowest BCUT2D eigenvalue weighted by molar-refractivity contribution is -0.384. The van der Waals surface area contributed by atoms with E-state index in [1.807, 2.05) is 12.1 Å². The van der Waals surface area contributed by atoms with Gasteiger partial charge in [-0.2, -0.15) is 4.98 Å². The number of nitro groups is 1. The maximum absolute atomic E-state index is 10.6. The minimum Gasteiger partial charge on any atom is -0.398 e. The van der Waals surface area contributed by atoms with Gasteiger partial charge in [0.1, 0.15) is 0 Å². The predicted molar refractivity (Wildman–Crippen MR) is 76.2 cm³/mol. The molecule has 7 heteroatoms. The zero-order valence-corrected chi connectivity index (χ0v) is 10.8. The zero-order valence-electron chi connectivity index (χ0n) is 10.8. The van der Waals surface area contributed by atoms with Crippen molar-refractivity contribution in [2.24, 2.45) is 0 Å². The molecule has 0 aliphatic heterocycles. The van der Waals surface area contributed by atoms with Crippen LogP contribution in [0, 0.1) is 10.1 Å². The molecule has 0 atom stereocenters. The van der Waals surface area contributed by atoms with E-state index in [9.17, 15) is 10.1 Å². The van der Waals surface area contributed by atoms with Gasteiger partial charge in [0.25, 0.3) is 11.6 Å². The highest BCUT2D eigenvalue weighted by Gasteiger charge is 2.13. The summed E-state index contributed by atoms with van der Waals surface area (Å²) in [6.45, 7) is 0. The summed E-state index contributed by atoms with van der Waals surface area (Å²) >= 11 is 0. The van der Waals surface area contributed by atoms with Gasteiger partial charge >= 0.3 is 0 Å². The molecule has 7 nitrogen and oxygen atoms in total. The molecule has 0 saturated carbocycles. The first-order chi connectivity index (χ1) is 10.1.